The van der Waals surface area contributed by atoms with Crippen LogP contribution in [0, 0.1) is 6.92 Å². The molecule has 0 amide bonds. The van der Waals surface area contributed by atoms with Crippen LogP contribution in [-0.4, -0.2) is 27.5 Å². The highest BCUT2D eigenvalue weighted by molar-refractivity contribution is 7.99. The zero-order valence-electron chi connectivity index (χ0n) is 9.47. The van der Waals surface area contributed by atoms with Crippen LogP contribution in [0.1, 0.15) is 19.4 Å². The normalized spacial score (nSPS) is 11.5. The summed E-state index contributed by atoms with van der Waals surface area (Å²) in [6.07, 6.45) is 3.82. The molecule has 15 heavy (non-hydrogen) atoms. The quantitative estimate of drug-likeness (QED) is 0.828. The number of halogens is 1. The van der Waals surface area contributed by atoms with Crippen LogP contribution in [0.5, 0.6) is 0 Å². The van der Waals surface area contributed by atoms with Gasteiger partial charge in [0.15, 0.2) is 0 Å². The van der Waals surface area contributed by atoms with E-state index < -0.39 is 0 Å². The van der Waals surface area contributed by atoms with Crippen LogP contribution in [0.3, 0.4) is 0 Å². The van der Waals surface area contributed by atoms with Gasteiger partial charge in [-0.1, -0.05) is 0 Å². The Bertz CT molecular complexity index is 341. The average Bonchev–Trinajstić information content (AvgIpc) is 2.20. The van der Waals surface area contributed by atoms with E-state index >= 15 is 0 Å². The zero-order chi connectivity index (χ0) is 11.5. The Morgan fingerprint density at radius 2 is 2.20 bits per heavy atom. The second-order valence-electron chi connectivity index (χ2n) is 3.99. The molecule has 0 radical (unpaired) electrons. The van der Waals surface area contributed by atoms with Gasteiger partial charge < -0.3 is 5.32 Å². The fourth-order valence-electron chi connectivity index (χ4n) is 0.968. The fraction of sp³-hybridized carbons (Fsp3) is 0.600. The Morgan fingerprint density at radius 1 is 1.53 bits per heavy atom. The Labute approximate surface area is 100 Å². The third-order valence-corrected chi connectivity index (χ3v) is 3.61. The molecule has 0 aliphatic rings. The third kappa shape index (κ3) is 3.87. The number of anilines is 1. The summed E-state index contributed by atoms with van der Waals surface area (Å²) >= 11 is 7.55. The van der Waals surface area contributed by atoms with E-state index in [2.05, 4.69) is 35.4 Å². The lowest BCUT2D eigenvalue weighted by molar-refractivity contribution is 0.749. The van der Waals surface area contributed by atoms with E-state index in [9.17, 15) is 0 Å². The van der Waals surface area contributed by atoms with Gasteiger partial charge in [0, 0.05) is 23.1 Å². The van der Waals surface area contributed by atoms with Crippen molar-refractivity contribution in [3.8, 4) is 0 Å². The largest absolute Gasteiger partial charge is 0.368 e. The van der Waals surface area contributed by atoms with E-state index in [1.54, 1.807) is 6.20 Å². The predicted molar refractivity (Wildman–Crippen MR) is 67.9 cm³/mol. The van der Waals surface area contributed by atoms with Gasteiger partial charge in [-0.2, -0.15) is 11.8 Å². The van der Waals surface area contributed by atoms with Gasteiger partial charge in [0.1, 0.15) is 5.82 Å². The van der Waals surface area contributed by atoms with Gasteiger partial charge in [0.25, 0.3) is 0 Å². The van der Waals surface area contributed by atoms with Gasteiger partial charge >= 0.3 is 0 Å². The summed E-state index contributed by atoms with van der Waals surface area (Å²) in [5.74, 6) is 0.817. The topological polar surface area (TPSA) is 37.8 Å². The Hall–Kier alpha value is -0.480. The number of hydrogen-bond donors (Lipinski definition) is 1. The molecule has 0 fully saturated rings. The smallest absolute Gasteiger partial charge is 0.224 e. The van der Waals surface area contributed by atoms with Gasteiger partial charge in [-0.25, -0.2) is 9.97 Å². The van der Waals surface area contributed by atoms with Crippen molar-refractivity contribution in [3.63, 3.8) is 0 Å². The van der Waals surface area contributed by atoms with Crippen molar-refractivity contribution < 1.29 is 0 Å². The molecule has 0 aromatic carbocycles. The third-order valence-electron chi connectivity index (χ3n) is 2.18. The van der Waals surface area contributed by atoms with Gasteiger partial charge in [-0.05, 0) is 38.6 Å². The Balaban J connectivity index is 2.69. The molecular weight excluding hydrogens is 230 g/mol. The van der Waals surface area contributed by atoms with E-state index in [1.165, 1.54) is 0 Å². The first kappa shape index (κ1) is 12.6. The van der Waals surface area contributed by atoms with Crippen molar-refractivity contribution in [3.05, 3.63) is 17.0 Å². The molecule has 1 N–H and O–H groups in total. The average molecular weight is 246 g/mol. The van der Waals surface area contributed by atoms with Crippen molar-refractivity contribution in [1.29, 1.82) is 0 Å². The minimum absolute atomic E-state index is 0.184. The molecule has 0 unspecified atom stereocenters. The molecule has 0 bridgehead atoms. The lowest BCUT2D eigenvalue weighted by Gasteiger charge is -2.23. The first-order valence-electron chi connectivity index (χ1n) is 4.73. The molecular formula is C10H16ClN3S. The van der Waals surface area contributed by atoms with Gasteiger partial charge in [-0.3, -0.25) is 0 Å². The Morgan fingerprint density at radius 3 is 2.80 bits per heavy atom. The first-order chi connectivity index (χ1) is 6.94. The van der Waals surface area contributed by atoms with Crippen LogP contribution in [0.4, 0.5) is 5.82 Å². The molecule has 0 aliphatic heterocycles. The maximum atomic E-state index is 5.73. The molecule has 3 nitrogen and oxygen atoms in total. The van der Waals surface area contributed by atoms with Gasteiger partial charge in [-0.15, -0.1) is 0 Å². The van der Waals surface area contributed by atoms with Crippen LogP contribution in [0.2, 0.25) is 5.28 Å². The number of thioether (sulfide) groups is 1. The van der Waals surface area contributed by atoms with Crippen molar-refractivity contribution in [2.45, 2.75) is 25.5 Å². The van der Waals surface area contributed by atoms with Gasteiger partial charge in [0.2, 0.25) is 5.28 Å². The lowest BCUT2D eigenvalue weighted by atomic mass is 10.2. The molecule has 1 aromatic rings. The molecule has 84 valence electrons. The highest BCUT2D eigenvalue weighted by Crippen LogP contribution is 2.22. The number of nitrogens with zero attached hydrogens (tertiary/aromatic N) is 2. The number of aromatic nitrogens is 2. The summed E-state index contributed by atoms with van der Waals surface area (Å²) in [4.78, 5) is 8.06. The van der Waals surface area contributed by atoms with Crippen molar-refractivity contribution in [2.24, 2.45) is 0 Å². The molecule has 1 heterocycles. The first-order valence-corrected chi connectivity index (χ1v) is 6.33. The maximum Gasteiger partial charge on any atom is 0.224 e. The molecule has 1 rings (SSSR count). The standard InChI is InChI=1S/C10H16ClN3S/c1-7-5-12-9(11)14-8(7)13-6-10(2,3)15-4/h5H,6H2,1-4H3,(H,12,13,14). The molecule has 1 aromatic heterocycles. The van der Waals surface area contributed by atoms with E-state index in [0.29, 0.717) is 0 Å². The molecule has 0 saturated heterocycles. The number of nitrogens with one attached hydrogen (secondary N) is 1. The SMILES string of the molecule is CSC(C)(C)CNc1nc(Cl)ncc1C. The van der Waals surface area contributed by atoms with E-state index in [0.717, 1.165) is 17.9 Å². The number of hydrogen-bond acceptors (Lipinski definition) is 4. The van der Waals surface area contributed by atoms with Crippen LogP contribution in [-0.2, 0) is 0 Å². The minimum atomic E-state index is 0.184. The molecule has 0 atom stereocenters. The molecule has 5 heteroatoms. The maximum absolute atomic E-state index is 5.73. The number of rotatable bonds is 4. The molecule has 0 aliphatic carbocycles. The summed E-state index contributed by atoms with van der Waals surface area (Å²) in [5.41, 5.74) is 1.01. The summed E-state index contributed by atoms with van der Waals surface area (Å²) < 4.78 is 0.184. The summed E-state index contributed by atoms with van der Waals surface area (Å²) in [6, 6.07) is 0. The van der Waals surface area contributed by atoms with Crippen LogP contribution in [0.15, 0.2) is 6.20 Å². The van der Waals surface area contributed by atoms with Crippen LogP contribution >= 0.6 is 23.4 Å². The van der Waals surface area contributed by atoms with E-state index in [-0.39, 0.29) is 10.0 Å². The fourth-order valence-corrected chi connectivity index (χ4v) is 1.32. The van der Waals surface area contributed by atoms with Crippen LogP contribution < -0.4 is 5.32 Å². The second kappa shape index (κ2) is 5.03. The Kier molecular flexibility index (Phi) is 4.22. The highest BCUT2D eigenvalue weighted by atomic mass is 35.5. The van der Waals surface area contributed by atoms with Crippen molar-refractivity contribution in [2.75, 3.05) is 18.1 Å². The van der Waals surface area contributed by atoms with E-state index in [4.69, 9.17) is 11.6 Å². The van der Waals surface area contributed by atoms with E-state index in [1.807, 2.05) is 18.7 Å². The van der Waals surface area contributed by atoms with Crippen LogP contribution in [0.25, 0.3) is 0 Å². The lowest BCUT2D eigenvalue weighted by Crippen LogP contribution is -2.26. The summed E-state index contributed by atoms with van der Waals surface area (Å²) in [6.45, 7) is 7.18. The predicted octanol–water partition coefficient (Wildman–Crippen LogP) is 2.99. The molecule has 0 spiro atoms. The number of aryl methyl sites for hydroxylation is 1. The summed E-state index contributed by atoms with van der Waals surface area (Å²) in [7, 11) is 0. The minimum Gasteiger partial charge on any atom is -0.368 e. The molecule has 0 saturated carbocycles. The van der Waals surface area contributed by atoms with Crippen molar-refractivity contribution in [1.82, 2.24) is 9.97 Å². The van der Waals surface area contributed by atoms with Crippen molar-refractivity contribution >= 4 is 29.2 Å². The zero-order valence-corrected chi connectivity index (χ0v) is 11.0. The summed E-state index contributed by atoms with van der Waals surface area (Å²) in [5, 5.41) is 3.57. The second-order valence-corrected chi connectivity index (χ2v) is 5.84. The highest BCUT2D eigenvalue weighted by Gasteiger charge is 2.16. The van der Waals surface area contributed by atoms with Gasteiger partial charge in [0.05, 0.1) is 0 Å². The monoisotopic (exact) mass is 245 g/mol.